The first-order chi connectivity index (χ1) is 26.1. The second-order valence-corrected chi connectivity index (χ2v) is 14.8. The van der Waals surface area contributed by atoms with Crippen molar-refractivity contribution in [2.75, 3.05) is 62.9 Å². The monoisotopic (exact) mass is 762 g/mol. The fourth-order valence-electron chi connectivity index (χ4n) is 6.19. The quantitative estimate of drug-likeness (QED) is 0.164. The molecule has 2 aromatic heterocycles. The molecule has 0 radical (unpaired) electrons. The number of carbonyl (C=O) groups is 1. The number of amides is 1. The van der Waals surface area contributed by atoms with Crippen molar-refractivity contribution < 1.29 is 45.7 Å². The molecule has 0 unspecified atom stereocenters. The molecule has 2 aliphatic rings. The molecular formula is C38H36F2N4O9S. The third-order valence-electron chi connectivity index (χ3n) is 8.85. The van der Waals surface area contributed by atoms with E-state index in [0.29, 0.717) is 66.5 Å². The SMILES string of the molecule is CCOc1ccn(-c2ccc(F)cc2)c(=O)c1C(=O)Nc1ccc(Oc2ccnc3cc(OCCCN4CCS(=O)(=O)CC4)c4c(c23)OCCO4)c(F)c1. The Kier molecular flexibility index (Phi) is 10.6. The molecule has 0 saturated carbocycles. The zero-order valence-electron chi connectivity index (χ0n) is 29.2. The highest BCUT2D eigenvalue weighted by Gasteiger charge is 2.26. The molecule has 3 aromatic carbocycles. The molecule has 7 rings (SSSR count). The molecule has 0 aliphatic carbocycles. The van der Waals surface area contributed by atoms with E-state index in [1.165, 1.54) is 59.4 Å². The molecule has 54 heavy (non-hydrogen) atoms. The van der Waals surface area contributed by atoms with Crippen molar-refractivity contribution in [1.29, 1.82) is 0 Å². The number of carbonyl (C=O) groups excluding carboxylic acids is 1. The topological polar surface area (TPSA) is 148 Å². The molecule has 0 atom stereocenters. The van der Waals surface area contributed by atoms with E-state index in [1.54, 1.807) is 19.1 Å². The first-order valence-electron chi connectivity index (χ1n) is 17.3. The van der Waals surface area contributed by atoms with Crippen LogP contribution in [0.1, 0.15) is 23.7 Å². The summed E-state index contributed by atoms with van der Waals surface area (Å²) in [7, 11) is -2.95. The minimum Gasteiger partial charge on any atom is -0.493 e. The van der Waals surface area contributed by atoms with Crippen LogP contribution in [0.4, 0.5) is 14.5 Å². The van der Waals surface area contributed by atoms with Crippen LogP contribution in [0.25, 0.3) is 16.6 Å². The smallest absolute Gasteiger partial charge is 0.271 e. The molecule has 16 heteroatoms. The molecule has 1 saturated heterocycles. The average molecular weight is 763 g/mol. The average Bonchev–Trinajstić information content (AvgIpc) is 3.15. The van der Waals surface area contributed by atoms with Crippen LogP contribution < -0.4 is 34.6 Å². The van der Waals surface area contributed by atoms with Crippen LogP contribution in [-0.2, 0) is 9.84 Å². The predicted molar refractivity (Wildman–Crippen MR) is 196 cm³/mol. The number of rotatable bonds is 12. The second-order valence-electron chi connectivity index (χ2n) is 12.5. The lowest BCUT2D eigenvalue weighted by Crippen LogP contribution is -2.40. The van der Waals surface area contributed by atoms with Crippen LogP contribution in [-0.4, -0.2) is 86.3 Å². The van der Waals surface area contributed by atoms with E-state index in [2.05, 4.69) is 15.2 Å². The second kappa shape index (κ2) is 15.7. The lowest BCUT2D eigenvalue weighted by Gasteiger charge is -2.26. The summed E-state index contributed by atoms with van der Waals surface area (Å²) in [5.74, 6) is -0.591. The number of fused-ring (bicyclic) bond motifs is 3. The van der Waals surface area contributed by atoms with Crippen molar-refractivity contribution in [3.63, 3.8) is 0 Å². The molecule has 13 nitrogen and oxygen atoms in total. The van der Waals surface area contributed by atoms with E-state index in [1.807, 2.05) is 0 Å². The van der Waals surface area contributed by atoms with Crippen LogP contribution in [0.3, 0.4) is 0 Å². The van der Waals surface area contributed by atoms with Gasteiger partial charge >= 0.3 is 0 Å². The number of hydrogen-bond acceptors (Lipinski definition) is 11. The third-order valence-corrected chi connectivity index (χ3v) is 10.5. The van der Waals surface area contributed by atoms with Crippen LogP contribution in [0.5, 0.6) is 34.5 Å². The minimum atomic E-state index is -2.95. The Balaban J connectivity index is 1.09. The number of nitrogens with zero attached hydrogens (tertiary/aromatic N) is 3. The molecule has 4 heterocycles. The summed E-state index contributed by atoms with van der Waals surface area (Å²) in [4.78, 5) is 33.5. The van der Waals surface area contributed by atoms with Crippen LogP contribution in [0.2, 0.25) is 0 Å². The molecule has 5 aromatic rings. The summed E-state index contributed by atoms with van der Waals surface area (Å²) < 4.78 is 83.4. The number of hydrogen-bond donors (Lipinski definition) is 1. The van der Waals surface area contributed by atoms with Crippen molar-refractivity contribution in [3.05, 3.63) is 101 Å². The van der Waals surface area contributed by atoms with E-state index in [0.717, 1.165) is 6.07 Å². The molecule has 282 valence electrons. The number of halogens is 2. The van der Waals surface area contributed by atoms with Gasteiger partial charge in [-0.2, -0.15) is 0 Å². The lowest BCUT2D eigenvalue weighted by atomic mass is 10.1. The number of benzene rings is 3. The molecule has 0 spiro atoms. The summed E-state index contributed by atoms with van der Waals surface area (Å²) >= 11 is 0. The van der Waals surface area contributed by atoms with Crippen molar-refractivity contribution in [2.24, 2.45) is 0 Å². The fraction of sp³-hybridized carbons (Fsp3) is 0.289. The Labute approximate surface area is 308 Å². The number of nitrogens with one attached hydrogen (secondary N) is 1. The van der Waals surface area contributed by atoms with Gasteiger partial charge < -0.3 is 33.9 Å². The summed E-state index contributed by atoms with van der Waals surface area (Å²) in [5, 5.41) is 3.00. The zero-order chi connectivity index (χ0) is 37.8. The Hall–Kier alpha value is -5.74. The third kappa shape index (κ3) is 7.94. The van der Waals surface area contributed by atoms with E-state index < -0.39 is 32.9 Å². The van der Waals surface area contributed by atoms with E-state index in [9.17, 15) is 22.4 Å². The van der Waals surface area contributed by atoms with Gasteiger partial charge in [-0.15, -0.1) is 0 Å². The van der Waals surface area contributed by atoms with Gasteiger partial charge in [0.15, 0.2) is 32.9 Å². The molecule has 1 N–H and O–H groups in total. The summed E-state index contributed by atoms with van der Waals surface area (Å²) in [6.07, 6.45) is 3.58. The van der Waals surface area contributed by atoms with Gasteiger partial charge in [0.1, 0.15) is 36.1 Å². The Morgan fingerprint density at radius 1 is 0.907 bits per heavy atom. The first kappa shape index (κ1) is 36.6. The number of ether oxygens (including phenoxy) is 5. The highest BCUT2D eigenvalue weighted by atomic mass is 32.2. The predicted octanol–water partition coefficient (Wildman–Crippen LogP) is 5.38. The number of pyridine rings is 2. The van der Waals surface area contributed by atoms with Gasteiger partial charge in [0, 0.05) is 55.5 Å². The van der Waals surface area contributed by atoms with Gasteiger partial charge in [-0.25, -0.2) is 17.2 Å². The van der Waals surface area contributed by atoms with Gasteiger partial charge in [0.2, 0.25) is 5.75 Å². The van der Waals surface area contributed by atoms with E-state index in [4.69, 9.17) is 23.7 Å². The van der Waals surface area contributed by atoms with Crippen molar-refractivity contribution in [2.45, 2.75) is 13.3 Å². The molecular weight excluding hydrogens is 727 g/mol. The van der Waals surface area contributed by atoms with Crippen LogP contribution in [0.15, 0.2) is 77.9 Å². The van der Waals surface area contributed by atoms with Gasteiger partial charge in [-0.05, 0) is 61.9 Å². The summed E-state index contributed by atoms with van der Waals surface area (Å²) in [5.41, 5.74) is -0.193. The van der Waals surface area contributed by atoms with Gasteiger partial charge in [-0.1, -0.05) is 0 Å². The van der Waals surface area contributed by atoms with Gasteiger partial charge in [0.25, 0.3) is 11.5 Å². The lowest BCUT2D eigenvalue weighted by molar-refractivity contribution is 0.102. The molecule has 1 fully saturated rings. The highest BCUT2D eigenvalue weighted by molar-refractivity contribution is 7.91. The summed E-state index contributed by atoms with van der Waals surface area (Å²) in [6, 6.07) is 13.7. The minimum absolute atomic E-state index is 0.0309. The fourth-order valence-corrected chi connectivity index (χ4v) is 7.47. The normalized spacial score (nSPS) is 15.1. The van der Waals surface area contributed by atoms with Gasteiger partial charge in [0.05, 0.1) is 35.6 Å². The maximum Gasteiger partial charge on any atom is 0.271 e. The maximum absolute atomic E-state index is 15.6. The Morgan fingerprint density at radius 2 is 1.67 bits per heavy atom. The van der Waals surface area contributed by atoms with Crippen LogP contribution in [0, 0.1) is 11.6 Å². The zero-order valence-corrected chi connectivity index (χ0v) is 30.0. The number of sulfone groups is 1. The number of aromatic nitrogens is 2. The Bertz CT molecular complexity index is 2360. The number of anilines is 1. The van der Waals surface area contributed by atoms with Crippen molar-refractivity contribution in [3.8, 4) is 40.2 Å². The van der Waals surface area contributed by atoms with Crippen molar-refractivity contribution in [1.82, 2.24) is 14.5 Å². The van der Waals surface area contributed by atoms with Gasteiger partial charge in [-0.3, -0.25) is 19.1 Å². The van der Waals surface area contributed by atoms with Crippen molar-refractivity contribution >= 4 is 32.3 Å². The molecule has 1 amide bonds. The Morgan fingerprint density at radius 3 is 2.41 bits per heavy atom. The van der Waals surface area contributed by atoms with E-state index in [-0.39, 0.29) is 59.8 Å². The molecule has 0 bridgehead atoms. The first-order valence-corrected chi connectivity index (χ1v) is 19.1. The largest absolute Gasteiger partial charge is 0.493 e. The highest BCUT2D eigenvalue weighted by Crippen LogP contribution is 2.48. The summed E-state index contributed by atoms with van der Waals surface area (Å²) in [6.45, 7) is 4.44. The van der Waals surface area contributed by atoms with Crippen LogP contribution >= 0.6 is 0 Å². The van der Waals surface area contributed by atoms with E-state index >= 15 is 4.39 Å². The standard InChI is InChI=1S/C38H36F2N4O9S/c1-2-49-30-11-14-44(26-7-4-24(39)5-8-26)38(46)34(30)37(45)42-25-6-9-29(27(40)22-25)53-31-10-12-41-28-23-32(35-36(33(28)31)52-19-18-51-35)50-17-3-13-43-15-20-54(47,48)21-16-43/h4-12,14,22-23H,2-3,13,15-21H2,1H3,(H,42,45). The molecule has 2 aliphatic heterocycles. The maximum atomic E-state index is 15.6.